The maximum Gasteiger partial charge on any atom is 0.123 e. The molecular weight excluding hydrogens is 237 g/mol. The van der Waals surface area contributed by atoms with Crippen molar-refractivity contribution < 1.29 is 4.39 Å². The van der Waals surface area contributed by atoms with E-state index in [1.54, 1.807) is 12.1 Å². The second-order valence-corrected chi connectivity index (χ2v) is 6.71. The second kappa shape index (κ2) is 6.04. The van der Waals surface area contributed by atoms with E-state index in [0.29, 0.717) is 11.5 Å². The Morgan fingerprint density at radius 1 is 1.26 bits per heavy atom. The monoisotopic (exact) mass is 263 g/mol. The van der Waals surface area contributed by atoms with Gasteiger partial charge in [0.15, 0.2) is 0 Å². The summed E-state index contributed by atoms with van der Waals surface area (Å²) in [5.74, 6) is -0.135. The predicted molar refractivity (Wildman–Crippen MR) is 78.9 cm³/mol. The summed E-state index contributed by atoms with van der Waals surface area (Å²) < 4.78 is 13.0. The van der Waals surface area contributed by atoms with Gasteiger partial charge in [0.05, 0.1) is 0 Å². The van der Waals surface area contributed by atoms with E-state index in [1.165, 1.54) is 31.2 Å². The first-order valence-electron chi connectivity index (χ1n) is 7.45. The zero-order chi connectivity index (χ0) is 13.9. The van der Waals surface area contributed by atoms with Crippen molar-refractivity contribution in [2.45, 2.75) is 58.9 Å². The Hall–Kier alpha value is -0.890. The molecule has 2 heteroatoms. The SMILES string of the molecule is Cc1cc(F)ccc1CCNC1CCC(C)(C)CC1. The quantitative estimate of drug-likeness (QED) is 0.857. The van der Waals surface area contributed by atoms with Gasteiger partial charge in [-0.3, -0.25) is 0 Å². The fourth-order valence-corrected chi connectivity index (χ4v) is 2.95. The lowest BCUT2D eigenvalue weighted by molar-refractivity contribution is 0.207. The topological polar surface area (TPSA) is 12.0 Å². The first-order valence-corrected chi connectivity index (χ1v) is 7.45. The van der Waals surface area contributed by atoms with Gasteiger partial charge in [-0.1, -0.05) is 19.9 Å². The fourth-order valence-electron chi connectivity index (χ4n) is 2.95. The van der Waals surface area contributed by atoms with E-state index in [-0.39, 0.29) is 5.82 Å². The minimum absolute atomic E-state index is 0.135. The molecule has 0 aromatic heterocycles. The third kappa shape index (κ3) is 4.31. The van der Waals surface area contributed by atoms with Gasteiger partial charge >= 0.3 is 0 Å². The zero-order valence-corrected chi connectivity index (χ0v) is 12.4. The zero-order valence-electron chi connectivity index (χ0n) is 12.4. The van der Waals surface area contributed by atoms with Crippen LogP contribution in [0.15, 0.2) is 18.2 Å². The highest BCUT2D eigenvalue weighted by Crippen LogP contribution is 2.34. The summed E-state index contributed by atoms with van der Waals surface area (Å²) in [4.78, 5) is 0. The molecule has 1 saturated carbocycles. The van der Waals surface area contributed by atoms with Gasteiger partial charge in [0.2, 0.25) is 0 Å². The molecule has 1 aromatic rings. The van der Waals surface area contributed by atoms with Gasteiger partial charge in [-0.2, -0.15) is 0 Å². The molecule has 0 amide bonds. The van der Waals surface area contributed by atoms with E-state index in [0.717, 1.165) is 18.5 Å². The summed E-state index contributed by atoms with van der Waals surface area (Å²) in [5, 5.41) is 3.66. The van der Waals surface area contributed by atoms with Crippen LogP contribution in [0.5, 0.6) is 0 Å². The molecule has 0 atom stereocenters. The minimum Gasteiger partial charge on any atom is -0.314 e. The van der Waals surface area contributed by atoms with Gasteiger partial charge in [0, 0.05) is 6.04 Å². The highest BCUT2D eigenvalue weighted by atomic mass is 19.1. The van der Waals surface area contributed by atoms with Crippen LogP contribution in [0, 0.1) is 18.2 Å². The summed E-state index contributed by atoms with van der Waals surface area (Å²) in [6, 6.07) is 5.77. The van der Waals surface area contributed by atoms with Gasteiger partial charge < -0.3 is 5.32 Å². The van der Waals surface area contributed by atoms with E-state index in [9.17, 15) is 4.39 Å². The summed E-state index contributed by atoms with van der Waals surface area (Å²) in [7, 11) is 0. The molecule has 1 N–H and O–H groups in total. The summed E-state index contributed by atoms with van der Waals surface area (Å²) in [5.41, 5.74) is 2.85. The minimum atomic E-state index is -0.135. The van der Waals surface area contributed by atoms with E-state index in [2.05, 4.69) is 19.2 Å². The van der Waals surface area contributed by atoms with E-state index >= 15 is 0 Å². The Labute approximate surface area is 116 Å². The maximum absolute atomic E-state index is 13.0. The molecule has 106 valence electrons. The molecule has 1 nitrogen and oxygen atoms in total. The van der Waals surface area contributed by atoms with Crippen molar-refractivity contribution in [1.29, 1.82) is 0 Å². The molecule has 1 fully saturated rings. The van der Waals surface area contributed by atoms with Crippen LogP contribution in [0.2, 0.25) is 0 Å². The summed E-state index contributed by atoms with van der Waals surface area (Å²) in [6.07, 6.45) is 6.21. The van der Waals surface area contributed by atoms with Crippen LogP contribution in [-0.4, -0.2) is 12.6 Å². The molecular formula is C17H26FN. The van der Waals surface area contributed by atoms with E-state index in [4.69, 9.17) is 0 Å². The lowest BCUT2D eigenvalue weighted by Gasteiger charge is -2.34. The average Bonchev–Trinajstić information content (AvgIpc) is 2.34. The number of halogens is 1. The number of hydrogen-bond acceptors (Lipinski definition) is 1. The lowest BCUT2D eigenvalue weighted by Crippen LogP contribution is -2.36. The van der Waals surface area contributed by atoms with Crippen LogP contribution in [0.25, 0.3) is 0 Å². The molecule has 1 aromatic carbocycles. The van der Waals surface area contributed by atoms with Crippen molar-refractivity contribution in [3.05, 3.63) is 35.1 Å². The molecule has 0 spiro atoms. The molecule has 19 heavy (non-hydrogen) atoms. The Morgan fingerprint density at radius 3 is 2.58 bits per heavy atom. The largest absolute Gasteiger partial charge is 0.314 e. The molecule has 0 saturated heterocycles. The van der Waals surface area contributed by atoms with Crippen LogP contribution >= 0.6 is 0 Å². The van der Waals surface area contributed by atoms with Crippen LogP contribution in [0.3, 0.4) is 0 Å². The molecule has 1 aliphatic rings. The van der Waals surface area contributed by atoms with Gasteiger partial charge in [0.25, 0.3) is 0 Å². The van der Waals surface area contributed by atoms with Crippen LogP contribution in [-0.2, 0) is 6.42 Å². The molecule has 0 heterocycles. The van der Waals surface area contributed by atoms with Gasteiger partial charge in [0.1, 0.15) is 5.82 Å². The molecule has 0 radical (unpaired) electrons. The lowest BCUT2D eigenvalue weighted by atomic mass is 9.75. The summed E-state index contributed by atoms with van der Waals surface area (Å²) in [6.45, 7) is 7.72. The molecule has 2 rings (SSSR count). The van der Waals surface area contributed by atoms with Crippen molar-refractivity contribution in [2.75, 3.05) is 6.54 Å². The normalized spacial score (nSPS) is 19.6. The number of rotatable bonds is 4. The van der Waals surface area contributed by atoms with Gasteiger partial charge in [-0.05, 0) is 74.2 Å². The number of hydrogen-bond donors (Lipinski definition) is 1. The Kier molecular flexibility index (Phi) is 4.62. The maximum atomic E-state index is 13.0. The van der Waals surface area contributed by atoms with Gasteiger partial charge in [-0.15, -0.1) is 0 Å². The smallest absolute Gasteiger partial charge is 0.123 e. The predicted octanol–water partition coefficient (Wildman–Crippen LogP) is 4.24. The average molecular weight is 263 g/mol. The number of nitrogens with one attached hydrogen (secondary N) is 1. The molecule has 0 aliphatic heterocycles. The highest BCUT2D eigenvalue weighted by Gasteiger charge is 2.26. The Bertz CT molecular complexity index is 415. The van der Waals surface area contributed by atoms with Crippen molar-refractivity contribution in [3.63, 3.8) is 0 Å². The van der Waals surface area contributed by atoms with E-state index in [1.807, 2.05) is 13.0 Å². The first-order chi connectivity index (χ1) is 8.96. The van der Waals surface area contributed by atoms with Crippen LogP contribution < -0.4 is 5.32 Å². The Morgan fingerprint density at radius 2 is 1.95 bits per heavy atom. The third-order valence-electron chi connectivity index (χ3n) is 4.47. The Balaban J connectivity index is 1.75. The highest BCUT2D eigenvalue weighted by molar-refractivity contribution is 5.26. The van der Waals surface area contributed by atoms with Crippen molar-refractivity contribution in [1.82, 2.24) is 5.32 Å². The van der Waals surface area contributed by atoms with Crippen LogP contribution in [0.4, 0.5) is 4.39 Å². The molecule has 1 aliphatic carbocycles. The molecule has 0 bridgehead atoms. The van der Waals surface area contributed by atoms with Crippen molar-refractivity contribution >= 4 is 0 Å². The van der Waals surface area contributed by atoms with Crippen LogP contribution in [0.1, 0.15) is 50.7 Å². The van der Waals surface area contributed by atoms with Crippen molar-refractivity contribution in [3.8, 4) is 0 Å². The number of benzene rings is 1. The van der Waals surface area contributed by atoms with Crippen molar-refractivity contribution in [2.24, 2.45) is 5.41 Å². The summed E-state index contributed by atoms with van der Waals surface area (Å²) >= 11 is 0. The number of aryl methyl sites for hydroxylation is 1. The standard InChI is InChI=1S/C17H26FN/c1-13-12-15(18)5-4-14(13)8-11-19-16-6-9-17(2,3)10-7-16/h4-5,12,16,19H,6-11H2,1-3H3. The first kappa shape index (κ1) is 14.5. The third-order valence-corrected chi connectivity index (χ3v) is 4.47. The second-order valence-electron chi connectivity index (χ2n) is 6.71. The van der Waals surface area contributed by atoms with Gasteiger partial charge in [-0.25, -0.2) is 4.39 Å². The van der Waals surface area contributed by atoms with E-state index < -0.39 is 0 Å². The fraction of sp³-hybridized carbons (Fsp3) is 0.647. The molecule has 0 unspecified atom stereocenters.